The molecule has 4 heteroatoms. The second-order valence-electron chi connectivity index (χ2n) is 1.15. The monoisotopic (exact) mass is 125 g/mol. The van der Waals surface area contributed by atoms with Crippen LogP contribution in [0.25, 0.3) is 0 Å². The molecule has 0 bridgehead atoms. The molecule has 0 heterocycles. The molecule has 0 aliphatic carbocycles. The van der Waals surface area contributed by atoms with E-state index in [1.54, 1.807) is 5.32 Å². The Labute approximate surface area is 45.7 Å². The van der Waals surface area contributed by atoms with Gasteiger partial charge in [-0.15, -0.1) is 0 Å². The van der Waals surface area contributed by atoms with Gasteiger partial charge in [0.1, 0.15) is 0 Å². The van der Waals surface area contributed by atoms with Crippen molar-refractivity contribution in [3.63, 3.8) is 0 Å². The van der Waals surface area contributed by atoms with E-state index in [2.05, 4.69) is 12.2 Å². The third kappa shape index (κ3) is 5.75. The van der Waals surface area contributed by atoms with Crippen LogP contribution in [0.4, 0.5) is 8.78 Å². The minimum Gasteiger partial charge on any atom is -0.324 e. The van der Waals surface area contributed by atoms with E-state index in [-0.39, 0.29) is 0 Å². The van der Waals surface area contributed by atoms with Crippen LogP contribution < -0.4 is 5.32 Å². The third-order valence-corrected chi connectivity index (χ3v) is 0.430. The Morgan fingerprint density at radius 1 is 1.71 bits per heavy atom. The highest BCUT2D eigenvalue weighted by Crippen LogP contribution is 2.03. The lowest BCUT2D eigenvalue weighted by Crippen LogP contribution is -2.30. The normalized spacial score (nSPS) is 10.7. The fourth-order valence-electron chi connectivity index (χ4n) is 0.103. The van der Waals surface area contributed by atoms with Crippen molar-refractivity contribution in [1.82, 2.24) is 5.32 Å². The van der Waals surface area contributed by atoms with Crippen molar-refractivity contribution in [3.8, 4) is 0 Å². The predicted octanol–water partition coefficient (Wildman–Crippen LogP) is 1.15. The molecule has 0 fully saturated rings. The van der Waals surface area contributed by atoms with Gasteiger partial charge in [-0.1, -0.05) is 12.2 Å². The van der Waals surface area contributed by atoms with Gasteiger partial charge in [-0.05, 0) is 0 Å². The van der Waals surface area contributed by atoms with Gasteiger partial charge in [-0.25, -0.2) is 0 Å². The highest BCUT2D eigenvalue weighted by atomic mass is 32.1. The van der Waals surface area contributed by atoms with Gasteiger partial charge < -0.3 is 5.32 Å². The lowest BCUT2D eigenvalue weighted by Gasteiger charge is -2.06. The van der Waals surface area contributed by atoms with Crippen molar-refractivity contribution in [2.75, 3.05) is 0 Å². The molecule has 1 N–H and O–H groups in total. The Kier molecular flexibility index (Phi) is 2.08. The van der Waals surface area contributed by atoms with Crippen LogP contribution in [0.2, 0.25) is 0 Å². The summed E-state index contributed by atoms with van der Waals surface area (Å²) in [5.74, 6) is 0. The molecule has 0 aromatic carbocycles. The number of rotatable bonds is 2. The molecular formula is C3H5F2NS. The van der Waals surface area contributed by atoms with Crippen LogP contribution >= 0.6 is 12.2 Å². The highest BCUT2D eigenvalue weighted by Gasteiger charge is 2.16. The van der Waals surface area contributed by atoms with Gasteiger partial charge in [-0.2, -0.15) is 8.78 Å². The standard InChI is InChI=1S/C3H5F2NS/c1-3(4,5)6-2-7/h2H,1H3,(H,6,7). The molecule has 7 heavy (non-hydrogen) atoms. The van der Waals surface area contributed by atoms with E-state index in [9.17, 15) is 8.78 Å². The molecule has 1 nitrogen and oxygen atoms in total. The number of halogens is 2. The molecule has 0 atom stereocenters. The molecule has 0 saturated carbocycles. The summed E-state index contributed by atoms with van der Waals surface area (Å²) in [5, 5.41) is 1.64. The van der Waals surface area contributed by atoms with Crippen molar-refractivity contribution in [2.24, 2.45) is 0 Å². The largest absolute Gasteiger partial charge is 0.324 e. The van der Waals surface area contributed by atoms with Crippen LogP contribution in [0.15, 0.2) is 0 Å². The first-order chi connectivity index (χ1) is 3.06. The first kappa shape index (κ1) is 6.75. The van der Waals surface area contributed by atoms with Crippen LogP contribution in [-0.2, 0) is 0 Å². The topological polar surface area (TPSA) is 12.0 Å². The molecule has 0 amide bonds. The molecule has 0 aromatic heterocycles. The average molecular weight is 125 g/mol. The van der Waals surface area contributed by atoms with Crippen molar-refractivity contribution >= 4 is 17.7 Å². The number of hydrogen-bond acceptors (Lipinski definition) is 1. The maximum Gasteiger partial charge on any atom is 0.320 e. The van der Waals surface area contributed by atoms with E-state index in [1.165, 1.54) is 0 Å². The Morgan fingerprint density at radius 2 is 2.14 bits per heavy atom. The van der Waals surface area contributed by atoms with Crippen LogP contribution in [0.3, 0.4) is 0 Å². The van der Waals surface area contributed by atoms with Crippen LogP contribution in [-0.4, -0.2) is 11.5 Å². The Hall–Kier alpha value is -0.250. The summed E-state index contributed by atoms with van der Waals surface area (Å²) in [6.07, 6.45) is 0. The molecule has 0 aliphatic rings. The van der Waals surface area contributed by atoms with Gasteiger partial charge in [0.05, 0.1) is 5.49 Å². The molecule has 42 valence electrons. The maximum atomic E-state index is 11.5. The van der Waals surface area contributed by atoms with E-state index in [1.807, 2.05) is 0 Å². The van der Waals surface area contributed by atoms with E-state index < -0.39 is 6.05 Å². The zero-order valence-electron chi connectivity index (χ0n) is 3.74. The molecule has 0 spiro atoms. The lowest BCUT2D eigenvalue weighted by molar-refractivity contribution is 0.00785. The number of thiocarbonyl (C=S) groups is 1. The minimum atomic E-state index is -2.86. The van der Waals surface area contributed by atoms with Crippen LogP contribution in [0.1, 0.15) is 6.92 Å². The molecule has 0 aliphatic heterocycles. The summed E-state index contributed by atoms with van der Waals surface area (Å²) in [6.45, 7) is 0.732. The average Bonchev–Trinajstić information content (AvgIpc) is 1.30. The Balaban J connectivity index is 3.34. The second-order valence-corrected chi connectivity index (χ2v) is 1.39. The molecular weight excluding hydrogens is 120 g/mol. The van der Waals surface area contributed by atoms with Gasteiger partial charge in [0, 0.05) is 6.92 Å². The second kappa shape index (κ2) is 2.16. The maximum absolute atomic E-state index is 11.5. The SMILES string of the molecule is CC(F)(F)NC=S. The van der Waals surface area contributed by atoms with Gasteiger partial charge in [0.2, 0.25) is 0 Å². The van der Waals surface area contributed by atoms with Crippen LogP contribution in [0, 0.1) is 0 Å². The van der Waals surface area contributed by atoms with Crippen molar-refractivity contribution < 1.29 is 8.78 Å². The fourth-order valence-corrected chi connectivity index (χ4v) is 0.310. The number of alkyl halides is 2. The first-order valence-corrected chi connectivity index (χ1v) is 2.12. The summed E-state index contributed by atoms with van der Waals surface area (Å²) < 4.78 is 23.0. The highest BCUT2D eigenvalue weighted by molar-refractivity contribution is 7.78. The zero-order chi connectivity index (χ0) is 5.91. The summed E-state index contributed by atoms with van der Waals surface area (Å²) in [4.78, 5) is 0. The zero-order valence-corrected chi connectivity index (χ0v) is 4.56. The summed E-state index contributed by atoms with van der Waals surface area (Å²) in [6, 6.07) is -2.86. The Bertz CT molecular complexity index is 67.8. The van der Waals surface area contributed by atoms with Gasteiger partial charge in [0.15, 0.2) is 0 Å². The quantitative estimate of drug-likeness (QED) is 0.439. The summed E-state index contributed by atoms with van der Waals surface area (Å²) >= 11 is 4.08. The molecule has 0 rings (SSSR count). The first-order valence-electron chi connectivity index (χ1n) is 1.65. The Morgan fingerprint density at radius 3 is 2.14 bits per heavy atom. The van der Waals surface area contributed by atoms with E-state index in [0.29, 0.717) is 0 Å². The third-order valence-electron chi connectivity index (χ3n) is 0.312. The molecule has 0 unspecified atom stereocenters. The summed E-state index contributed by atoms with van der Waals surface area (Å²) in [5.41, 5.74) is 0.792. The smallest absolute Gasteiger partial charge is 0.320 e. The molecule has 0 saturated heterocycles. The van der Waals surface area contributed by atoms with Crippen LogP contribution in [0.5, 0.6) is 0 Å². The lowest BCUT2D eigenvalue weighted by atomic mass is 10.7. The van der Waals surface area contributed by atoms with Gasteiger partial charge in [-0.3, -0.25) is 0 Å². The molecule has 0 radical (unpaired) electrons. The van der Waals surface area contributed by atoms with Crippen molar-refractivity contribution in [2.45, 2.75) is 13.0 Å². The fraction of sp³-hybridized carbons (Fsp3) is 0.667. The number of hydrogen-bond donors (Lipinski definition) is 1. The number of nitrogens with one attached hydrogen (secondary N) is 1. The van der Waals surface area contributed by atoms with E-state index in [0.717, 1.165) is 12.4 Å². The molecule has 0 aromatic rings. The predicted molar refractivity (Wildman–Crippen MR) is 27.4 cm³/mol. The van der Waals surface area contributed by atoms with Gasteiger partial charge in [0.25, 0.3) is 0 Å². The van der Waals surface area contributed by atoms with E-state index in [4.69, 9.17) is 0 Å². The minimum absolute atomic E-state index is 0.732. The van der Waals surface area contributed by atoms with Crippen molar-refractivity contribution in [3.05, 3.63) is 0 Å². The van der Waals surface area contributed by atoms with E-state index >= 15 is 0 Å². The summed E-state index contributed by atoms with van der Waals surface area (Å²) in [7, 11) is 0. The van der Waals surface area contributed by atoms with Gasteiger partial charge >= 0.3 is 6.05 Å². The van der Waals surface area contributed by atoms with Crippen molar-refractivity contribution in [1.29, 1.82) is 0 Å².